The lowest BCUT2D eigenvalue weighted by molar-refractivity contribution is -0.154. The summed E-state index contributed by atoms with van der Waals surface area (Å²) in [6, 6.07) is 14.7. The Morgan fingerprint density at radius 2 is 1.71 bits per heavy atom. The SMILES string of the molecule is Cc1cc(C)cc(-c2ccccc2CC2(C(=O)O)CCOCC2)c1. The summed E-state index contributed by atoms with van der Waals surface area (Å²) < 4.78 is 5.40. The topological polar surface area (TPSA) is 46.5 Å². The van der Waals surface area contributed by atoms with E-state index in [1.165, 1.54) is 11.1 Å². The van der Waals surface area contributed by atoms with Crippen molar-refractivity contribution >= 4 is 5.97 Å². The van der Waals surface area contributed by atoms with Crippen LogP contribution in [0.25, 0.3) is 11.1 Å². The number of carbonyl (C=O) groups is 1. The van der Waals surface area contributed by atoms with E-state index in [1.807, 2.05) is 12.1 Å². The van der Waals surface area contributed by atoms with Crippen LogP contribution in [0.2, 0.25) is 0 Å². The van der Waals surface area contributed by atoms with E-state index < -0.39 is 11.4 Å². The summed E-state index contributed by atoms with van der Waals surface area (Å²) in [7, 11) is 0. The van der Waals surface area contributed by atoms with Gasteiger partial charge in [0.25, 0.3) is 0 Å². The second-order valence-corrected chi connectivity index (χ2v) is 6.91. The van der Waals surface area contributed by atoms with Gasteiger partial charge in [-0.3, -0.25) is 4.79 Å². The summed E-state index contributed by atoms with van der Waals surface area (Å²) in [5.41, 5.74) is 5.13. The average Bonchev–Trinajstić information content (AvgIpc) is 2.55. The molecule has 3 heteroatoms. The molecule has 2 aromatic carbocycles. The zero-order valence-electron chi connectivity index (χ0n) is 14.3. The fourth-order valence-corrected chi connectivity index (χ4v) is 3.68. The Kier molecular flexibility index (Phi) is 4.72. The molecular formula is C21H24O3. The summed E-state index contributed by atoms with van der Waals surface area (Å²) in [6.45, 7) is 5.24. The Morgan fingerprint density at radius 1 is 1.08 bits per heavy atom. The van der Waals surface area contributed by atoms with Gasteiger partial charge in [0.05, 0.1) is 5.41 Å². The second-order valence-electron chi connectivity index (χ2n) is 6.91. The van der Waals surface area contributed by atoms with E-state index in [-0.39, 0.29) is 0 Å². The molecule has 0 unspecified atom stereocenters. The lowest BCUT2D eigenvalue weighted by Gasteiger charge is -2.33. The minimum atomic E-state index is -0.715. The molecule has 3 rings (SSSR count). The first-order chi connectivity index (χ1) is 11.5. The second kappa shape index (κ2) is 6.78. The Hall–Kier alpha value is -2.13. The molecule has 1 saturated heterocycles. The smallest absolute Gasteiger partial charge is 0.310 e. The third kappa shape index (κ3) is 3.36. The first kappa shape index (κ1) is 16.7. The molecule has 24 heavy (non-hydrogen) atoms. The highest BCUT2D eigenvalue weighted by Crippen LogP contribution is 2.37. The van der Waals surface area contributed by atoms with E-state index in [9.17, 15) is 9.90 Å². The lowest BCUT2D eigenvalue weighted by Crippen LogP contribution is -2.39. The van der Waals surface area contributed by atoms with Gasteiger partial charge in [-0.15, -0.1) is 0 Å². The number of hydrogen-bond acceptors (Lipinski definition) is 2. The van der Waals surface area contributed by atoms with Gasteiger partial charge in [0, 0.05) is 13.2 Å². The molecule has 1 fully saturated rings. The van der Waals surface area contributed by atoms with E-state index in [4.69, 9.17) is 4.74 Å². The van der Waals surface area contributed by atoms with Gasteiger partial charge in [-0.25, -0.2) is 0 Å². The van der Waals surface area contributed by atoms with Crippen molar-refractivity contribution in [1.82, 2.24) is 0 Å². The average molecular weight is 324 g/mol. The predicted molar refractivity (Wildman–Crippen MR) is 95.2 cm³/mol. The van der Waals surface area contributed by atoms with Crippen LogP contribution in [0.1, 0.15) is 29.5 Å². The van der Waals surface area contributed by atoms with Crippen LogP contribution in [0.3, 0.4) is 0 Å². The third-order valence-corrected chi connectivity index (χ3v) is 4.98. The van der Waals surface area contributed by atoms with Crippen molar-refractivity contribution < 1.29 is 14.6 Å². The van der Waals surface area contributed by atoms with Crippen LogP contribution in [0.15, 0.2) is 42.5 Å². The predicted octanol–water partition coefficient (Wildman–Crippen LogP) is 4.39. The van der Waals surface area contributed by atoms with Crippen molar-refractivity contribution in [3.8, 4) is 11.1 Å². The number of benzene rings is 2. The maximum Gasteiger partial charge on any atom is 0.310 e. The van der Waals surface area contributed by atoms with Gasteiger partial charge >= 0.3 is 5.97 Å². The molecule has 1 aliphatic rings. The number of carboxylic acid groups (broad SMARTS) is 1. The van der Waals surface area contributed by atoms with E-state index in [0.717, 1.165) is 16.7 Å². The van der Waals surface area contributed by atoms with E-state index in [0.29, 0.717) is 32.5 Å². The molecule has 2 aromatic rings. The van der Waals surface area contributed by atoms with E-state index >= 15 is 0 Å². The van der Waals surface area contributed by atoms with E-state index in [1.54, 1.807) is 0 Å². The molecule has 0 amide bonds. The van der Waals surface area contributed by atoms with Crippen LogP contribution >= 0.6 is 0 Å². The van der Waals surface area contributed by atoms with Crippen molar-refractivity contribution in [2.75, 3.05) is 13.2 Å². The molecular weight excluding hydrogens is 300 g/mol. The summed E-state index contributed by atoms with van der Waals surface area (Å²) in [6.07, 6.45) is 1.70. The molecule has 1 heterocycles. The molecule has 0 bridgehead atoms. The maximum absolute atomic E-state index is 12.0. The van der Waals surface area contributed by atoms with Crippen LogP contribution in [0.4, 0.5) is 0 Å². The molecule has 1 N–H and O–H groups in total. The van der Waals surface area contributed by atoms with Crippen LogP contribution in [0.5, 0.6) is 0 Å². The molecule has 3 nitrogen and oxygen atoms in total. The van der Waals surface area contributed by atoms with Crippen LogP contribution in [-0.2, 0) is 16.0 Å². The van der Waals surface area contributed by atoms with Gasteiger partial charge in [0.1, 0.15) is 0 Å². The number of carboxylic acids is 1. The van der Waals surface area contributed by atoms with Crippen molar-refractivity contribution in [2.24, 2.45) is 5.41 Å². The Labute approximate surface area is 143 Å². The van der Waals surface area contributed by atoms with Gasteiger partial charge in [-0.1, -0.05) is 53.6 Å². The summed E-state index contributed by atoms with van der Waals surface area (Å²) in [5.74, 6) is -0.707. The quantitative estimate of drug-likeness (QED) is 0.907. The fraction of sp³-hybridized carbons (Fsp3) is 0.381. The largest absolute Gasteiger partial charge is 0.481 e. The summed E-state index contributed by atoms with van der Waals surface area (Å²) in [5, 5.41) is 9.84. The Morgan fingerprint density at radius 3 is 2.33 bits per heavy atom. The molecule has 0 aromatic heterocycles. The number of ether oxygens (including phenoxy) is 1. The lowest BCUT2D eigenvalue weighted by atomic mass is 9.74. The van der Waals surface area contributed by atoms with Gasteiger partial charge < -0.3 is 9.84 Å². The van der Waals surface area contributed by atoms with Crippen molar-refractivity contribution in [2.45, 2.75) is 33.1 Å². The molecule has 0 spiro atoms. The monoisotopic (exact) mass is 324 g/mol. The molecule has 0 aliphatic carbocycles. The number of aryl methyl sites for hydroxylation is 2. The minimum Gasteiger partial charge on any atom is -0.481 e. The zero-order valence-corrected chi connectivity index (χ0v) is 14.3. The number of rotatable bonds is 4. The van der Waals surface area contributed by atoms with Gasteiger partial charge in [-0.05, 0) is 49.8 Å². The van der Waals surface area contributed by atoms with Gasteiger partial charge in [-0.2, -0.15) is 0 Å². The van der Waals surface area contributed by atoms with Crippen LogP contribution < -0.4 is 0 Å². The normalized spacial score (nSPS) is 16.8. The highest BCUT2D eigenvalue weighted by Gasteiger charge is 2.40. The third-order valence-electron chi connectivity index (χ3n) is 4.98. The Bertz CT molecular complexity index is 722. The molecule has 126 valence electrons. The minimum absolute atomic E-state index is 0.526. The number of hydrogen-bond donors (Lipinski definition) is 1. The van der Waals surface area contributed by atoms with Crippen molar-refractivity contribution in [3.05, 3.63) is 59.2 Å². The standard InChI is InChI=1S/C21H24O3/c1-15-11-16(2)13-18(12-15)19-6-4-3-5-17(19)14-21(20(22)23)7-9-24-10-8-21/h3-6,11-13H,7-10,14H2,1-2H3,(H,22,23). The number of aliphatic carboxylic acids is 1. The molecule has 0 radical (unpaired) electrons. The highest BCUT2D eigenvalue weighted by molar-refractivity contribution is 5.77. The Balaban J connectivity index is 2.01. The first-order valence-corrected chi connectivity index (χ1v) is 8.48. The van der Waals surface area contributed by atoms with Crippen molar-refractivity contribution in [1.29, 1.82) is 0 Å². The maximum atomic E-state index is 12.0. The van der Waals surface area contributed by atoms with Gasteiger partial charge in [0.2, 0.25) is 0 Å². The van der Waals surface area contributed by atoms with Gasteiger partial charge in [0.15, 0.2) is 0 Å². The molecule has 0 atom stereocenters. The highest BCUT2D eigenvalue weighted by atomic mass is 16.5. The molecule has 1 aliphatic heterocycles. The summed E-state index contributed by atoms with van der Waals surface area (Å²) >= 11 is 0. The fourth-order valence-electron chi connectivity index (χ4n) is 3.68. The first-order valence-electron chi connectivity index (χ1n) is 8.48. The van der Waals surface area contributed by atoms with Crippen LogP contribution in [0, 0.1) is 19.3 Å². The zero-order chi connectivity index (χ0) is 17.2. The van der Waals surface area contributed by atoms with Crippen molar-refractivity contribution in [3.63, 3.8) is 0 Å². The summed E-state index contributed by atoms with van der Waals surface area (Å²) in [4.78, 5) is 12.0. The van der Waals surface area contributed by atoms with Crippen LogP contribution in [-0.4, -0.2) is 24.3 Å². The van der Waals surface area contributed by atoms with E-state index in [2.05, 4.69) is 44.2 Å². The molecule has 0 saturated carbocycles.